The smallest absolute Gasteiger partial charge is 0.194 e. The molecular weight excluding hydrogens is 483 g/mol. The quantitative estimate of drug-likeness (QED) is 0.266. The minimum Gasteiger partial charge on any atom is -0.356 e. The van der Waals surface area contributed by atoms with Crippen molar-refractivity contribution in [3.05, 3.63) is 47.5 Å². The number of benzene rings is 1. The van der Waals surface area contributed by atoms with Gasteiger partial charge < -0.3 is 14.8 Å². The lowest BCUT2D eigenvalue weighted by Crippen LogP contribution is -2.40. The maximum Gasteiger partial charge on any atom is 0.194 e. The van der Waals surface area contributed by atoms with Gasteiger partial charge in [-0.15, -0.1) is 34.2 Å². The molecule has 1 saturated heterocycles. The molecule has 1 aliphatic heterocycles. The Morgan fingerprint density at radius 1 is 1.29 bits per heavy atom. The number of halogens is 1. The van der Waals surface area contributed by atoms with Gasteiger partial charge in [0.25, 0.3) is 0 Å². The second-order valence-corrected chi connectivity index (χ2v) is 7.96. The van der Waals surface area contributed by atoms with E-state index in [0.717, 1.165) is 49.4 Å². The van der Waals surface area contributed by atoms with Gasteiger partial charge in [-0.05, 0) is 37.3 Å². The molecular formula is C20H31IN6S. The van der Waals surface area contributed by atoms with E-state index in [1.165, 1.54) is 12.0 Å². The number of hydrogen-bond acceptors (Lipinski definition) is 4. The van der Waals surface area contributed by atoms with E-state index in [1.807, 2.05) is 30.3 Å². The molecule has 0 amide bonds. The number of aromatic nitrogens is 3. The predicted octanol–water partition coefficient (Wildman–Crippen LogP) is 3.43. The van der Waals surface area contributed by atoms with Crippen LogP contribution in [0, 0.1) is 6.92 Å². The summed E-state index contributed by atoms with van der Waals surface area (Å²) in [6.07, 6.45) is 4.45. The molecule has 0 spiro atoms. The first-order valence-corrected chi connectivity index (χ1v) is 11.0. The third-order valence-electron chi connectivity index (χ3n) is 5.12. The van der Waals surface area contributed by atoms with Crippen LogP contribution in [0.3, 0.4) is 0 Å². The van der Waals surface area contributed by atoms with Crippen LogP contribution in [0.5, 0.6) is 0 Å². The molecule has 2 heterocycles. The fourth-order valence-electron chi connectivity index (χ4n) is 3.37. The summed E-state index contributed by atoms with van der Waals surface area (Å²) in [4.78, 5) is 7.27. The number of aryl methyl sites for hydroxylation is 1. The van der Waals surface area contributed by atoms with Crippen molar-refractivity contribution in [2.45, 2.75) is 32.2 Å². The van der Waals surface area contributed by atoms with E-state index in [2.05, 4.69) is 57.0 Å². The van der Waals surface area contributed by atoms with Crippen molar-refractivity contribution in [3.63, 3.8) is 0 Å². The number of thioether (sulfide) groups is 1. The average molecular weight is 514 g/mol. The lowest BCUT2D eigenvalue weighted by Gasteiger charge is -2.22. The third kappa shape index (κ3) is 6.10. The van der Waals surface area contributed by atoms with E-state index in [0.29, 0.717) is 12.5 Å². The van der Waals surface area contributed by atoms with E-state index in [4.69, 9.17) is 4.99 Å². The van der Waals surface area contributed by atoms with Crippen molar-refractivity contribution in [1.29, 1.82) is 0 Å². The highest BCUT2D eigenvalue weighted by atomic mass is 127. The number of hydrogen-bond donors (Lipinski definition) is 1. The maximum absolute atomic E-state index is 4.88. The molecule has 0 bridgehead atoms. The number of guanidine groups is 1. The Balaban J connectivity index is 0.00000280. The Bertz CT molecular complexity index is 748. The molecule has 1 fully saturated rings. The van der Waals surface area contributed by atoms with Crippen molar-refractivity contribution in [3.8, 4) is 0 Å². The van der Waals surface area contributed by atoms with Crippen molar-refractivity contribution in [1.82, 2.24) is 25.0 Å². The molecule has 1 aromatic carbocycles. The van der Waals surface area contributed by atoms with Gasteiger partial charge in [-0.1, -0.05) is 30.3 Å². The van der Waals surface area contributed by atoms with Crippen LogP contribution in [0.1, 0.15) is 36.0 Å². The summed E-state index contributed by atoms with van der Waals surface area (Å²) in [5.41, 5.74) is 1.42. The largest absolute Gasteiger partial charge is 0.356 e. The molecule has 3 rings (SSSR count). The van der Waals surface area contributed by atoms with Gasteiger partial charge in [0.15, 0.2) is 11.8 Å². The summed E-state index contributed by atoms with van der Waals surface area (Å²) >= 11 is 1.88. The zero-order valence-electron chi connectivity index (χ0n) is 17.0. The first kappa shape index (κ1) is 23.0. The molecule has 0 aliphatic carbocycles. The number of aliphatic imine (C=N–C) groups is 1. The summed E-state index contributed by atoms with van der Waals surface area (Å²) in [5.74, 6) is 4.54. The van der Waals surface area contributed by atoms with Crippen molar-refractivity contribution >= 4 is 41.7 Å². The van der Waals surface area contributed by atoms with Crippen LogP contribution in [-0.4, -0.2) is 57.3 Å². The van der Waals surface area contributed by atoms with Gasteiger partial charge in [-0.2, -0.15) is 11.8 Å². The highest BCUT2D eigenvalue weighted by molar-refractivity contribution is 14.0. The number of rotatable bonds is 7. The van der Waals surface area contributed by atoms with E-state index >= 15 is 0 Å². The molecule has 154 valence electrons. The van der Waals surface area contributed by atoms with Gasteiger partial charge in [0.2, 0.25) is 0 Å². The molecule has 1 atom stereocenters. The Morgan fingerprint density at radius 3 is 2.75 bits per heavy atom. The summed E-state index contributed by atoms with van der Waals surface area (Å²) < 4.78 is 2.01. The predicted molar refractivity (Wildman–Crippen MR) is 129 cm³/mol. The Kier molecular flexibility index (Phi) is 9.57. The van der Waals surface area contributed by atoms with Gasteiger partial charge in [-0.3, -0.25) is 0 Å². The van der Waals surface area contributed by atoms with Crippen molar-refractivity contribution in [2.24, 2.45) is 12.0 Å². The Hall–Kier alpha value is -1.29. The first-order chi connectivity index (χ1) is 13.2. The van der Waals surface area contributed by atoms with Crippen LogP contribution in [0.25, 0.3) is 0 Å². The minimum absolute atomic E-state index is 0. The highest BCUT2D eigenvalue weighted by Crippen LogP contribution is 2.27. The molecule has 6 nitrogen and oxygen atoms in total. The Labute approximate surface area is 189 Å². The number of likely N-dealkylation sites (tertiary alicyclic amines) is 1. The molecule has 28 heavy (non-hydrogen) atoms. The number of nitrogens with one attached hydrogen (secondary N) is 1. The van der Waals surface area contributed by atoms with Gasteiger partial charge in [-0.25, -0.2) is 4.99 Å². The van der Waals surface area contributed by atoms with Gasteiger partial charge in [0.05, 0.1) is 0 Å². The molecule has 1 aliphatic rings. The molecule has 0 saturated carbocycles. The lowest BCUT2D eigenvalue weighted by molar-refractivity contribution is 0.483. The standard InChI is InChI=1S/C20H30N6S.HI/c1-16-23-24-19(25(16)2)14-22-20(21-11-7-13-27-3)26-12-10-18(15-26)17-8-5-4-6-9-17;/h4-6,8-9,18H,7,10-15H2,1-3H3,(H,21,22);1H. The van der Waals surface area contributed by atoms with Crippen LogP contribution in [0.4, 0.5) is 0 Å². The van der Waals surface area contributed by atoms with Crippen molar-refractivity contribution < 1.29 is 0 Å². The van der Waals surface area contributed by atoms with Gasteiger partial charge in [0.1, 0.15) is 12.4 Å². The fourth-order valence-corrected chi connectivity index (χ4v) is 3.80. The van der Waals surface area contributed by atoms with E-state index in [1.54, 1.807) is 0 Å². The monoisotopic (exact) mass is 514 g/mol. The number of nitrogens with zero attached hydrogens (tertiary/aromatic N) is 5. The average Bonchev–Trinajstić information content (AvgIpc) is 3.30. The highest BCUT2D eigenvalue weighted by Gasteiger charge is 2.26. The molecule has 1 N–H and O–H groups in total. The van der Waals surface area contributed by atoms with Crippen LogP contribution in [0.15, 0.2) is 35.3 Å². The molecule has 1 unspecified atom stereocenters. The van der Waals surface area contributed by atoms with Crippen LogP contribution < -0.4 is 5.32 Å². The van der Waals surface area contributed by atoms with E-state index in [-0.39, 0.29) is 24.0 Å². The summed E-state index contributed by atoms with van der Waals surface area (Å²) in [6, 6.07) is 10.8. The van der Waals surface area contributed by atoms with Crippen LogP contribution >= 0.6 is 35.7 Å². The molecule has 0 radical (unpaired) electrons. The molecule has 8 heteroatoms. The SMILES string of the molecule is CSCCCNC(=NCc1nnc(C)n1C)N1CCC(c2ccccc2)C1.I. The van der Waals surface area contributed by atoms with Gasteiger partial charge in [0, 0.05) is 32.6 Å². The van der Waals surface area contributed by atoms with Gasteiger partial charge >= 0.3 is 0 Å². The van der Waals surface area contributed by atoms with Crippen molar-refractivity contribution in [2.75, 3.05) is 31.6 Å². The fraction of sp³-hybridized carbons (Fsp3) is 0.550. The second kappa shape index (κ2) is 11.6. The maximum atomic E-state index is 4.88. The first-order valence-electron chi connectivity index (χ1n) is 9.61. The van der Waals surface area contributed by atoms with E-state index in [9.17, 15) is 0 Å². The zero-order valence-corrected chi connectivity index (χ0v) is 20.1. The third-order valence-corrected chi connectivity index (χ3v) is 5.82. The van der Waals surface area contributed by atoms with Crippen LogP contribution in [0.2, 0.25) is 0 Å². The summed E-state index contributed by atoms with van der Waals surface area (Å²) in [7, 11) is 1.99. The lowest BCUT2D eigenvalue weighted by atomic mass is 9.99. The Morgan fingerprint density at radius 2 is 2.07 bits per heavy atom. The second-order valence-electron chi connectivity index (χ2n) is 6.98. The zero-order chi connectivity index (χ0) is 19.1. The summed E-state index contributed by atoms with van der Waals surface area (Å²) in [6.45, 7) is 5.51. The molecule has 2 aromatic rings. The van der Waals surface area contributed by atoms with E-state index < -0.39 is 0 Å². The normalized spacial score (nSPS) is 16.9. The summed E-state index contributed by atoms with van der Waals surface area (Å²) in [5, 5.41) is 11.9. The minimum atomic E-state index is 0. The van der Waals surface area contributed by atoms with Crippen LogP contribution in [-0.2, 0) is 13.6 Å². The topological polar surface area (TPSA) is 58.3 Å². The molecule has 1 aromatic heterocycles.